The van der Waals surface area contributed by atoms with Crippen molar-refractivity contribution in [1.29, 1.82) is 0 Å². The molecule has 0 saturated heterocycles. The van der Waals surface area contributed by atoms with Crippen molar-refractivity contribution in [2.75, 3.05) is 12.4 Å². The van der Waals surface area contributed by atoms with Crippen molar-refractivity contribution in [1.82, 2.24) is 0 Å². The van der Waals surface area contributed by atoms with Crippen LogP contribution in [0.15, 0.2) is 24.3 Å². The molecule has 0 aliphatic carbocycles. The Morgan fingerprint density at radius 1 is 1.10 bits per heavy atom. The monoisotopic (exact) mass is 358 g/mol. The second-order valence-electron chi connectivity index (χ2n) is 2.15. The molecular weight excluding hydrogens is 325 g/mol. The van der Waals surface area contributed by atoms with E-state index in [1.165, 1.54) is 0 Å². The zero-order valence-electron chi connectivity index (χ0n) is 10.0. The fraction of sp³-hybridized carbons (Fsp3) is 0.438. The Balaban J connectivity index is -0.0000000305. The van der Waals surface area contributed by atoms with E-state index in [1.54, 1.807) is 12.1 Å². The largest absolute Gasteiger partial charge is 0.464 e. The first-order chi connectivity index (χ1) is 7.28. The van der Waals surface area contributed by atoms with Gasteiger partial charge in [-0.1, -0.05) is 50.6 Å². The number of nitrogens with one attached hydrogen (secondary N) is 1. The van der Waals surface area contributed by atoms with Crippen LogP contribution in [-0.4, -0.2) is 13.3 Å². The number of carbonyl (C=O) groups is 1. The second kappa shape index (κ2) is 36.2. The van der Waals surface area contributed by atoms with Gasteiger partial charge in [-0.3, -0.25) is 11.4 Å². The molecule has 1 N–H and O–H groups in total. The molecule has 0 atom stereocenters. The SMILES string of the molecule is C.C.C.C.CC.CNc1ccc(C=O)cc1.[C-]#[N+][CH2-].[Y]. The third-order valence-corrected chi connectivity index (χ3v) is 1.34. The van der Waals surface area contributed by atoms with Crippen LogP contribution in [-0.2, 0) is 32.7 Å². The predicted molar refractivity (Wildman–Crippen MR) is 91.6 cm³/mol. The van der Waals surface area contributed by atoms with Crippen LogP contribution in [0.1, 0.15) is 53.9 Å². The Morgan fingerprint density at radius 2 is 1.40 bits per heavy atom. The predicted octanol–water partition coefficient (Wildman–Crippen LogP) is 5.81. The quantitative estimate of drug-likeness (QED) is 0.535. The first-order valence-corrected chi connectivity index (χ1v) is 4.64. The summed E-state index contributed by atoms with van der Waals surface area (Å²) in [5.41, 5.74) is 1.73. The van der Waals surface area contributed by atoms with Gasteiger partial charge in [-0.05, 0) is 24.3 Å². The van der Waals surface area contributed by atoms with Crippen LogP contribution in [0.25, 0.3) is 4.85 Å². The molecule has 0 heterocycles. The van der Waals surface area contributed by atoms with E-state index in [-0.39, 0.29) is 62.4 Å². The van der Waals surface area contributed by atoms with Gasteiger partial charge in [-0.2, -0.15) is 0 Å². The van der Waals surface area contributed by atoms with E-state index < -0.39 is 0 Å². The molecule has 0 bridgehead atoms. The summed E-state index contributed by atoms with van der Waals surface area (Å²) in [5.74, 6) is 0. The van der Waals surface area contributed by atoms with E-state index in [9.17, 15) is 4.79 Å². The molecule has 0 fully saturated rings. The third kappa shape index (κ3) is 25.9. The molecule has 1 radical (unpaired) electrons. The summed E-state index contributed by atoms with van der Waals surface area (Å²) in [7, 11) is 4.62. The Labute approximate surface area is 153 Å². The summed E-state index contributed by atoms with van der Waals surface area (Å²) in [5, 5.41) is 2.96. The van der Waals surface area contributed by atoms with E-state index in [1.807, 2.05) is 33.0 Å². The van der Waals surface area contributed by atoms with Gasteiger partial charge in [0.05, 0.1) is 0 Å². The Hall–Kier alpha value is -0.846. The maximum atomic E-state index is 10.2. The van der Waals surface area contributed by atoms with Gasteiger partial charge >= 0.3 is 0 Å². The molecule has 0 aliphatic heterocycles. The summed E-state index contributed by atoms with van der Waals surface area (Å²) >= 11 is 0. The van der Waals surface area contributed by atoms with Crippen molar-refractivity contribution in [3.05, 3.63) is 48.3 Å². The number of hydrogen-bond donors (Lipinski definition) is 1. The van der Waals surface area contributed by atoms with Crippen LogP contribution < -0.4 is 5.32 Å². The molecular formula is C16H33N2OY-. The van der Waals surface area contributed by atoms with E-state index in [2.05, 4.69) is 17.2 Å². The number of anilines is 1. The van der Waals surface area contributed by atoms with Crippen LogP contribution in [0.3, 0.4) is 0 Å². The van der Waals surface area contributed by atoms with E-state index in [0.29, 0.717) is 5.56 Å². The van der Waals surface area contributed by atoms with Crippen LogP contribution in [0.5, 0.6) is 0 Å². The summed E-state index contributed by atoms with van der Waals surface area (Å²) < 4.78 is 0. The zero-order chi connectivity index (χ0) is 12.1. The fourth-order valence-electron chi connectivity index (χ4n) is 0.728. The number of carbonyl (C=O) groups excluding carboxylic acids is 1. The summed E-state index contributed by atoms with van der Waals surface area (Å²) in [4.78, 5) is 12.7. The van der Waals surface area contributed by atoms with Crippen LogP contribution in [0, 0.1) is 13.6 Å². The number of benzene rings is 1. The molecule has 1 rings (SSSR count). The minimum absolute atomic E-state index is 0. The first kappa shape index (κ1) is 42.7. The van der Waals surface area contributed by atoms with Crippen molar-refractivity contribution < 1.29 is 37.5 Å². The van der Waals surface area contributed by atoms with Crippen molar-refractivity contribution in [3.8, 4) is 0 Å². The van der Waals surface area contributed by atoms with Gasteiger partial charge in [0, 0.05) is 51.0 Å². The molecule has 0 unspecified atom stereocenters. The standard InChI is InChI=1S/C8H9NO.C2H2N.C2H6.4CH4.Y/c1-9-8-4-2-7(6-10)3-5-8;1-3-2;1-2;;;;;/h2-6,9H,1H3;1H2;1-2H3;4*1H4;/q;-1;;;;;;. The van der Waals surface area contributed by atoms with Gasteiger partial charge in [0.1, 0.15) is 6.29 Å². The van der Waals surface area contributed by atoms with E-state index in [4.69, 9.17) is 6.57 Å². The van der Waals surface area contributed by atoms with Crippen molar-refractivity contribution in [2.24, 2.45) is 0 Å². The molecule has 0 aliphatic rings. The zero-order valence-corrected chi connectivity index (χ0v) is 12.9. The topological polar surface area (TPSA) is 33.5 Å². The van der Waals surface area contributed by atoms with Gasteiger partial charge in [0.2, 0.25) is 0 Å². The van der Waals surface area contributed by atoms with Gasteiger partial charge < -0.3 is 10.2 Å². The molecule has 4 heteroatoms. The minimum atomic E-state index is 0. The number of nitrogens with zero attached hydrogens (tertiary/aromatic N) is 1. The van der Waals surface area contributed by atoms with Gasteiger partial charge in [-0.15, -0.1) is 0 Å². The second-order valence-corrected chi connectivity index (χ2v) is 2.15. The van der Waals surface area contributed by atoms with Crippen molar-refractivity contribution in [3.63, 3.8) is 0 Å². The Kier molecular flexibility index (Phi) is 77.3. The fourth-order valence-corrected chi connectivity index (χ4v) is 0.728. The smallest absolute Gasteiger partial charge is 0.150 e. The molecule has 0 amide bonds. The molecule has 117 valence electrons. The van der Waals surface area contributed by atoms with Gasteiger partial charge in [0.25, 0.3) is 0 Å². The van der Waals surface area contributed by atoms with E-state index >= 15 is 0 Å². The third-order valence-electron chi connectivity index (χ3n) is 1.34. The van der Waals surface area contributed by atoms with Crippen molar-refractivity contribution >= 4 is 12.0 Å². The Bertz CT molecular complexity index is 292. The summed E-state index contributed by atoms with van der Waals surface area (Å²) in [6.07, 6.45) is 0.833. The maximum absolute atomic E-state index is 10.2. The molecule has 0 saturated carbocycles. The number of rotatable bonds is 2. The average Bonchev–Trinajstić information content (AvgIpc) is 2.33. The van der Waals surface area contributed by atoms with Crippen molar-refractivity contribution in [2.45, 2.75) is 43.6 Å². The molecule has 0 spiro atoms. The average molecular weight is 358 g/mol. The molecule has 20 heavy (non-hydrogen) atoms. The van der Waals surface area contributed by atoms with Gasteiger partial charge in [-0.25, -0.2) is 0 Å². The molecule has 1 aromatic rings. The Morgan fingerprint density at radius 3 is 1.60 bits per heavy atom. The number of aldehydes is 1. The van der Waals surface area contributed by atoms with E-state index in [0.717, 1.165) is 12.0 Å². The first-order valence-electron chi connectivity index (χ1n) is 4.64. The van der Waals surface area contributed by atoms with Crippen LogP contribution >= 0.6 is 0 Å². The van der Waals surface area contributed by atoms with Crippen LogP contribution in [0.2, 0.25) is 0 Å². The van der Waals surface area contributed by atoms with Gasteiger partial charge in [0.15, 0.2) is 0 Å². The molecule has 3 nitrogen and oxygen atoms in total. The normalized spacial score (nSPS) is 5.10. The molecule has 1 aromatic carbocycles. The summed E-state index contributed by atoms with van der Waals surface area (Å²) in [6.45, 7) is 9.72. The van der Waals surface area contributed by atoms with Crippen LogP contribution in [0.4, 0.5) is 5.69 Å². The maximum Gasteiger partial charge on any atom is 0.150 e. The minimum Gasteiger partial charge on any atom is -0.464 e. The number of hydrogen-bond acceptors (Lipinski definition) is 2. The summed E-state index contributed by atoms with van der Waals surface area (Å²) in [6, 6.07) is 7.28. The molecule has 0 aromatic heterocycles.